The molecule has 4 nitrogen and oxygen atoms in total. The van der Waals surface area contributed by atoms with Crippen LogP contribution in [0.4, 0.5) is 25.0 Å². The van der Waals surface area contributed by atoms with E-state index < -0.39 is 23.3 Å². The number of anilines is 2. The Bertz CT molecular complexity index is 750. The number of nitrogens with two attached hydrogens (primary N) is 1. The van der Waals surface area contributed by atoms with Gasteiger partial charge in [0.1, 0.15) is 17.2 Å². The predicted octanol–water partition coefficient (Wildman–Crippen LogP) is 5.89. The molecule has 0 aliphatic heterocycles. The summed E-state index contributed by atoms with van der Waals surface area (Å²) in [5.74, 6) is -0.970. The Balaban J connectivity index is 0.000000293. The van der Waals surface area contributed by atoms with E-state index in [-0.39, 0.29) is 10.0 Å². The molecule has 0 aliphatic carbocycles. The van der Waals surface area contributed by atoms with Crippen LogP contribution in [-0.4, -0.2) is 11.7 Å². The van der Waals surface area contributed by atoms with Crippen LogP contribution in [0.2, 0.25) is 10.0 Å². The largest absolute Gasteiger partial charge is 0.444 e. The third-order valence-corrected chi connectivity index (χ3v) is 3.09. The predicted molar refractivity (Wildman–Crippen MR) is 97.1 cm³/mol. The number of carbonyl (C=O) groups is 1. The Labute approximate surface area is 154 Å². The van der Waals surface area contributed by atoms with Crippen molar-refractivity contribution in [2.24, 2.45) is 0 Å². The summed E-state index contributed by atoms with van der Waals surface area (Å²) in [5, 5.41) is 2.47. The molecule has 2 aromatic rings. The number of rotatable bonds is 1. The minimum absolute atomic E-state index is 0.0476. The van der Waals surface area contributed by atoms with Gasteiger partial charge < -0.3 is 10.5 Å². The first-order valence-corrected chi connectivity index (χ1v) is 7.89. The van der Waals surface area contributed by atoms with Crippen molar-refractivity contribution in [1.29, 1.82) is 0 Å². The van der Waals surface area contributed by atoms with Crippen molar-refractivity contribution >= 4 is 40.7 Å². The number of hydrogen-bond donors (Lipinski definition) is 2. The molecule has 0 unspecified atom stereocenters. The summed E-state index contributed by atoms with van der Waals surface area (Å²) >= 11 is 10.9. The van der Waals surface area contributed by atoms with E-state index in [9.17, 15) is 13.6 Å². The van der Waals surface area contributed by atoms with Gasteiger partial charge in [-0.1, -0.05) is 23.2 Å². The molecule has 3 N–H and O–H groups in total. The Morgan fingerprint density at radius 2 is 1.56 bits per heavy atom. The lowest BCUT2D eigenvalue weighted by Gasteiger charge is -2.19. The molecule has 0 atom stereocenters. The number of hydrogen-bond acceptors (Lipinski definition) is 3. The fourth-order valence-electron chi connectivity index (χ4n) is 1.51. The quantitative estimate of drug-likeness (QED) is 0.596. The molecule has 0 aromatic heterocycles. The Kier molecular flexibility index (Phi) is 7.45. The Morgan fingerprint density at radius 3 is 2.00 bits per heavy atom. The van der Waals surface area contributed by atoms with Gasteiger partial charge in [-0.2, -0.15) is 0 Å². The zero-order chi connectivity index (χ0) is 19.2. The highest BCUT2D eigenvalue weighted by Crippen LogP contribution is 2.20. The van der Waals surface area contributed by atoms with Gasteiger partial charge in [0.15, 0.2) is 0 Å². The van der Waals surface area contributed by atoms with Crippen LogP contribution >= 0.6 is 23.2 Å². The number of carbonyl (C=O) groups excluding carboxylic acids is 1. The molecule has 0 bridgehead atoms. The van der Waals surface area contributed by atoms with E-state index in [0.717, 1.165) is 0 Å². The summed E-state index contributed by atoms with van der Waals surface area (Å²) < 4.78 is 30.2. The summed E-state index contributed by atoms with van der Waals surface area (Å²) in [5.41, 5.74) is 5.56. The molecule has 0 heterocycles. The molecule has 0 radical (unpaired) electrons. The van der Waals surface area contributed by atoms with Gasteiger partial charge in [0.05, 0.1) is 10.0 Å². The van der Waals surface area contributed by atoms with Gasteiger partial charge in [0.2, 0.25) is 0 Å². The molecule has 0 aliphatic rings. The Morgan fingerprint density at radius 1 is 1.04 bits per heavy atom. The van der Waals surface area contributed by atoms with Gasteiger partial charge in [-0.15, -0.1) is 0 Å². The van der Waals surface area contributed by atoms with Crippen LogP contribution in [0, 0.1) is 11.6 Å². The van der Waals surface area contributed by atoms with E-state index in [2.05, 4.69) is 5.32 Å². The van der Waals surface area contributed by atoms with Crippen molar-refractivity contribution < 1.29 is 18.3 Å². The van der Waals surface area contributed by atoms with Crippen LogP contribution in [0.1, 0.15) is 20.8 Å². The minimum atomic E-state index is -0.602. The van der Waals surface area contributed by atoms with Crippen molar-refractivity contribution in [1.82, 2.24) is 0 Å². The van der Waals surface area contributed by atoms with Gasteiger partial charge >= 0.3 is 6.09 Å². The summed E-state index contributed by atoms with van der Waals surface area (Å²) in [6, 6.07) is 7.97. The highest BCUT2D eigenvalue weighted by atomic mass is 35.5. The lowest BCUT2D eigenvalue weighted by molar-refractivity contribution is 0.0636. The SMILES string of the molecule is CC(C)(C)OC(=O)Nc1ccc(F)c(Cl)c1.Nc1ccc(F)c(Cl)c1. The highest BCUT2D eigenvalue weighted by Gasteiger charge is 2.16. The van der Waals surface area contributed by atoms with Crippen LogP contribution in [0.15, 0.2) is 36.4 Å². The fraction of sp³-hybridized carbons (Fsp3) is 0.235. The first-order valence-electron chi connectivity index (χ1n) is 7.13. The maximum atomic E-state index is 12.8. The monoisotopic (exact) mass is 390 g/mol. The van der Waals surface area contributed by atoms with Crippen molar-refractivity contribution in [3.63, 3.8) is 0 Å². The number of nitrogens with one attached hydrogen (secondary N) is 1. The lowest BCUT2D eigenvalue weighted by Crippen LogP contribution is -2.27. The first kappa shape index (κ1) is 21.0. The smallest absolute Gasteiger partial charge is 0.412 e. The van der Waals surface area contributed by atoms with Crippen molar-refractivity contribution in [2.45, 2.75) is 26.4 Å². The molecule has 0 saturated carbocycles. The maximum absolute atomic E-state index is 12.8. The molecule has 8 heteroatoms. The number of benzene rings is 2. The van der Waals surface area contributed by atoms with E-state index in [1.807, 2.05) is 0 Å². The summed E-state index contributed by atoms with van der Waals surface area (Å²) in [4.78, 5) is 11.4. The molecular formula is C17H18Cl2F2N2O2. The third-order valence-electron chi connectivity index (χ3n) is 2.51. The molecular weight excluding hydrogens is 373 g/mol. The molecule has 0 saturated heterocycles. The van der Waals surface area contributed by atoms with Gasteiger partial charge in [-0.05, 0) is 57.2 Å². The number of ether oxygens (including phenoxy) is 1. The third kappa shape index (κ3) is 8.05. The number of amides is 1. The normalized spacial score (nSPS) is 10.5. The summed E-state index contributed by atoms with van der Waals surface area (Å²) in [7, 11) is 0. The molecule has 136 valence electrons. The lowest BCUT2D eigenvalue weighted by atomic mass is 10.2. The average Bonchev–Trinajstić information content (AvgIpc) is 2.46. The second-order valence-electron chi connectivity index (χ2n) is 5.93. The van der Waals surface area contributed by atoms with Gasteiger partial charge in [0, 0.05) is 11.4 Å². The van der Waals surface area contributed by atoms with Crippen molar-refractivity contribution in [2.75, 3.05) is 11.1 Å². The average molecular weight is 391 g/mol. The van der Waals surface area contributed by atoms with Crippen LogP contribution in [-0.2, 0) is 4.74 Å². The van der Waals surface area contributed by atoms with E-state index in [1.54, 1.807) is 20.8 Å². The summed E-state index contributed by atoms with van der Waals surface area (Å²) in [6.45, 7) is 5.26. The van der Waals surface area contributed by atoms with Gasteiger partial charge in [-0.25, -0.2) is 13.6 Å². The van der Waals surface area contributed by atoms with E-state index >= 15 is 0 Å². The van der Waals surface area contributed by atoms with Gasteiger partial charge in [-0.3, -0.25) is 5.32 Å². The van der Waals surface area contributed by atoms with Crippen LogP contribution in [0.3, 0.4) is 0 Å². The zero-order valence-electron chi connectivity index (χ0n) is 13.9. The molecule has 0 fully saturated rings. The number of nitrogen functional groups attached to an aromatic ring is 1. The molecule has 2 aromatic carbocycles. The van der Waals surface area contributed by atoms with Crippen molar-refractivity contribution in [3.8, 4) is 0 Å². The zero-order valence-corrected chi connectivity index (χ0v) is 15.4. The van der Waals surface area contributed by atoms with Crippen LogP contribution in [0.5, 0.6) is 0 Å². The van der Waals surface area contributed by atoms with Crippen LogP contribution in [0.25, 0.3) is 0 Å². The first-order chi connectivity index (χ1) is 11.5. The molecule has 0 spiro atoms. The standard InChI is InChI=1S/C11H13ClFNO2.C6H5ClFN/c1-11(2,3)16-10(15)14-7-4-5-9(13)8(12)6-7;7-5-3-4(9)1-2-6(5)8/h4-6H,1-3H3,(H,14,15);1-3H,9H2. The number of halogens is 4. The van der Waals surface area contributed by atoms with E-state index in [4.69, 9.17) is 33.7 Å². The topological polar surface area (TPSA) is 64.3 Å². The second kappa shape index (κ2) is 8.87. The van der Waals surface area contributed by atoms with E-state index in [1.165, 1.54) is 36.4 Å². The van der Waals surface area contributed by atoms with E-state index in [0.29, 0.717) is 11.4 Å². The maximum Gasteiger partial charge on any atom is 0.412 e. The molecule has 2 rings (SSSR count). The minimum Gasteiger partial charge on any atom is -0.444 e. The van der Waals surface area contributed by atoms with Gasteiger partial charge in [0.25, 0.3) is 0 Å². The highest BCUT2D eigenvalue weighted by molar-refractivity contribution is 6.31. The van der Waals surface area contributed by atoms with Crippen LogP contribution < -0.4 is 11.1 Å². The second-order valence-corrected chi connectivity index (χ2v) is 6.74. The summed E-state index contributed by atoms with van der Waals surface area (Å²) in [6.07, 6.45) is -0.602. The Hall–Kier alpha value is -2.05. The van der Waals surface area contributed by atoms with Crippen molar-refractivity contribution in [3.05, 3.63) is 58.1 Å². The fourth-order valence-corrected chi connectivity index (χ4v) is 1.88. The molecule has 1 amide bonds. The molecule has 25 heavy (non-hydrogen) atoms.